The predicted octanol–water partition coefficient (Wildman–Crippen LogP) is 3.51. The first-order chi connectivity index (χ1) is 18.2. The van der Waals surface area contributed by atoms with E-state index in [9.17, 15) is 26.7 Å². The molecule has 0 N–H and O–H groups in total. The first-order valence-corrected chi connectivity index (χ1v) is 11.4. The van der Waals surface area contributed by atoms with Crippen LogP contribution in [0.25, 0.3) is 5.82 Å². The van der Waals surface area contributed by atoms with Gasteiger partial charge in [-0.3, -0.25) is 0 Å². The molecule has 5 rings (SSSR count). The molecule has 196 valence electrons. The zero-order valence-electron chi connectivity index (χ0n) is 19.5. The summed E-state index contributed by atoms with van der Waals surface area (Å²) in [6.45, 7) is 0.803. The number of amides is 2. The van der Waals surface area contributed by atoms with Crippen molar-refractivity contribution in [3.63, 3.8) is 0 Å². The molecule has 15 heteroatoms. The second-order valence-corrected chi connectivity index (χ2v) is 8.50. The number of nitrogens with zero attached hydrogens (tertiary/aromatic N) is 9. The van der Waals surface area contributed by atoms with Crippen molar-refractivity contribution in [1.82, 2.24) is 29.7 Å². The number of alkyl halides is 3. The molecule has 1 aromatic carbocycles. The normalized spacial score (nSPS) is 17.7. The number of urea groups is 1. The lowest BCUT2D eigenvalue weighted by atomic mass is 10.0. The van der Waals surface area contributed by atoms with Gasteiger partial charge in [-0.2, -0.15) is 33.6 Å². The molecular weight excluding hydrogens is 513 g/mol. The van der Waals surface area contributed by atoms with Gasteiger partial charge >= 0.3 is 12.2 Å². The molecule has 1 atom stereocenters. The van der Waals surface area contributed by atoms with E-state index in [-0.39, 0.29) is 37.7 Å². The number of hydrogen-bond donors (Lipinski definition) is 0. The van der Waals surface area contributed by atoms with Crippen LogP contribution in [-0.2, 0) is 6.18 Å². The summed E-state index contributed by atoms with van der Waals surface area (Å²) in [4.78, 5) is 24.2. The van der Waals surface area contributed by atoms with Gasteiger partial charge in [-0.1, -0.05) is 0 Å². The molecule has 1 saturated heterocycles. The molecule has 0 aliphatic carbocycles. The number of anilines is 1. The van der Waals surface area contributed by atoms with Gasteiger partial charge in [-0.15, -0.1) is 0 Å². The van der Waals surface area contributed by atoms with Crippen molar-refractivity contribution in [2.75, 3.05) is 31.1 Å². The van der Waals surface area contributed by atoms with Gasteiger partial charge in [0, 0.05) is 38.8 Å². The highest BCUT2D eigenvalue weighted by Gasteiger charge is 2.37. The molecule has 2 aliphatic rings. The van der Waals surface area contributed by atoms with E-state index in [0.717, 1.165) is 18.5 Å². The van der Waals surface area contributed by atoms with Gasteiger partial charge in [0.25, 0.3) is 0 Å². The number of hydrazone groups is 1. The van der Waals surface area contributed by atoms with Crippen molar-refractivity contribution in [2.24, 2.45) is 5.10 Å². The number of piperazine rings is 1. The molecule has 38 heavy (non-hydrogen) atoms. The second-order valence-electron chi connectivity index (χ2n) is 8.50. The Morgan fingerprint density at radius 3 is 2.58 bits per heavy atom. The summed E-state index contributed by atoms with van der Waals surface area (Å²) in [6, 6.07) is 5.45. The van der Waals surface area contributed by atoms with Crippen LogP contribution in [0.15, 0.2) is 41.8 Å². The fourth-order valence-electron chi connectivity index (χ4n) is 4.32. The molecule has 0 bridgehead atoms. The number of benzene rings is 1. The van der Waals surface area contributed by atoms with Crippen LogP contribution in [0, 0.1) is 23.0 Å². The molecular formula is C23H18F5N9O. The van der Waals surface area contributed by atoms with Gasteiger partial charge in [0.1, 0.15) is 11.5 Å². The van der Waals surface area contributed by atoms with Crippen molar-refractivity contribution in [3.8, 4) is 11.9 Å². The van der Waals surface area contributed by atoms with Crippen LogP contribution >= 0.6 is 0 Å². The Bertz CT molecular complexity index is 1440. The lowest BCUT2D eigenvalue weighted by molar-refractivity contribution is -0.142. The maximum atomic E-state index is 14.4. The SMILES string of the molecule is N#Cc1cc(F)cc([C@@H]2CC=NN2C(=O)N2CCN(c3ncc(F)c(-n4nccc4C(F)(F)F)n3)CC2)c1. The van der Waals surface area contributed by atoms with Crippen molar-refractivity contribution in [1.29, 1.82) is 5.26 Å². The summed E-state index contributed by atoms with van der Waals surface area (Å²) in [5.41, 5.74) is -0.614. The minimum absolute atomic E-state index is 0.0158. The Labute approximate surface area is 212 Å². The third-order valence-electron chi connectivity index (χ3n) is 6.14. The zero-order valence-corrected chi connectivity index (χ0v) is 19.5. The first-order valence-electron chi connectivity index (χ1n) is 11.4. The van der Waals surface area contributed by atoms with Crippen LogP contribution in [0.3, 0.4) is 0 Å². The van der Waals surface area contributed by atoms with Crippen molar-refractivity contribution < 1.29 is 26.7 Å². The number of halogens is 5. The van der Waals surface area contributed by atoms with Gasteiger partial charge in [0.05, 0.1) is 30.1 Å². The smallest absolute Gasteiger partial charge is 0.337 e. The summed E-state index contributed by atoms with van der Waals surface area (Å²) < 4.78 is 68.5. The minimum Gasteiger partial charge on any atom is -0.337 e. The third-order valence-corrected chi connectivity index (χ3v) is 6.14. The molecule has 10 nitrogen and oxygen atoms in total. The van der Waals surface area contributed by atoms with Crippen molar-refractivity contribution in [2.45, 2.75) is 18.6 Å². The van der Waals surface area contributed by atoms with Crippen LogP contribution in [0.2, 0.25) is 0 Å². The topological polar surface area (TPSA) is 107 Å². The maximum Gasteiger partial charge on any atom is 0.433 e. The quantitative estimate of drug-likeness (QED) is 0.479. The third kappa shape index (κ3) is 4.72. The Morgan fingerprint density at radius 2 is 1.87 bits per heavy atom. The summed E-state index contributed by atoms with van der Waals surface area (Å²) in [5, 5.41) is 18.1. The van der Waals surface area contributed by atoms with E-state index < -0.39 is 41.4 Å². The number of aromatic nitrogens is 4. The lowest BCUT2D eigenvalue weighted by Gasteiger charge is -2.37. The van der Waals surface area contributed by atoms with Crippen LogP contribution in [-0.4, -0.2) is 68.1 Å². The van der Waals surface area contributed by atoms with E-state index in [0.29, 0.717) is 22.7 Å². The monoisotopic (exact) mass is 531 g/mol. The zero-order chi connectivity index (χ0) is 27.0. The highest BCUT2D eigenvalue weighted by atomic mass is 19.4. The molecule has 2 amide bonds. The Hall–Kier alpha value is -4.61. The van der Waals surface area contributed by atoms with Crippen molar-refractivity contribution in [3.05, 3.63) is 65.1 Å². The average Bonchev–Trinajstić information content (AvgIpc) is 3.59. The molecule has 3 aromatic rings. The van der Waals surface area contributed by atoms with Crippen LogP contribution in [0.4, 0.5) is 32.7 Å². The Kier molecular flexibility index (Phi) is 6.39. The molecule has 0 unspecified atom stereocenters. The van der Waals surface area contributed by atoms with E-state index in [1.165, 1.54) is 28.3 Å². The largest absolute Gasteiger partial charge is 0.433 e. The predicted molar refractivity (Wildman–Crippen MR) is 122 cm³/mol. The molecule has 4 heterocycles. The number of rotatable bonds is 3. The van der Waals surface area contributed by atoms with E-state index in [2.05, 4.69) is 20.2 Å². The van der Waals surface area contributed by atoms with Crippen LogP contribution in [0.5, 0.6) is 0 Å². The number of nitriles is 1. The molecule has 1 fully saturated rings. The van der Waals surface area contributed by atoms with E-state index >= 15 is 0 Å². The molecule has 2 aliphatic heterocycles. The lowest BCUT2D eigenvalue weighted by Crippen LogP contribution is -2.52. The maximum absolute atomic E-state index is 14.4. The van der Waals surface area contributed by atoms with Crippen LogP contribution < -0.4 is 4.90 Å². The summed E-state index contributed by atoms with van der Waals surface area (Å²) in [6.07, 6.45) is -1.21. The van der Waals surface area contributed by atoms with Gasteiger partial charge in [0.2, 0.25) is 5.95 Å². The Balaban J connectivity index is 1.29. The minimum atomic E-state index is -4.77. The highest BCUT2D eigenvalue weighted by molar-refractivity contribution is 5.78. The summed E-state index contributed by atoms with van der Waals surface area (Å²) >= 11 is 0. The Morgan fingerprint density at radius 1 is 1.11 bits per heavy atom. The van der Waals surface area contributed by atoms with E-state index in [1.807, 2.05) is 6.07 Å². The van der Waals surface area contributed by atoms with Crippen LogP contribution in [0.1, 0.15) is 29.3 Å². The van der Waals surface area contributed by atoms with Gasteiger partial charge < -0.3 is 9.80 Å². The molecule has 0 spiro atoms. The first kappa shape index (κ1) is 25.1. The van der Waals surface area contributed by atoms with E-state index in [1.54, 1.807) is 4.90 Å². The molecule has 2 aromatic heterocycles. The fraction of sp³-hybridized carbons (Fsp3) is 0.304. The number of carbonyl (C=O) groups is 1. The molecule has 0 saturated carbocycles. The van der Waals surface area contributed by atoms with Crippen molar-refractivity contribution >= 4 is 18.2 Å². The summed E-state index contributed by atoms with van der Waals surface area (Å²) in [5.74, 6) is -2.33. The fourth-order valence-corrected chi connectivity index (χ4v) is 4.32. The van der Waals surface area contributed by atoms with Gasteiger partial charge in [-0.05, 0) is 29.8 Å². The summed E-state index contributed by atoms with van der Waals surface area (Å²) in [7, 11) is 0. The molecule has 0 radical (unpaired) electrons. The van der Waals surface area contributed by atoms with E-state index in [4.69, 9.17) is 5.26 Å². The standard InChI is InChI=1S/C23H18F5N9O/c24-16-10-14(12-29)9-15(11-16)18-1-3-31-36(18)22(38)35-7-5-34(6-8-35)21-30-13-17(25)20(33-21)37-19(2-4-32-37)23(26,27)28/h2-4,9-11,13,18H,1,5-8H2/t18-/m0/s1. The average molecular weight is 531 g/mol. The van der Waals surface area contributed by atoms with Gasteiger partial charge in [0.15, 0.2) is 11.6 Å². The van der Waals surface area contributed by atoms with Gasteiger partial charge in [-0.25, -0.2) is 28.3 Å². The number of hydrogen-bond acceptors (Lipinski definition) is 7. The number of carbonyl (C=O) groups excluding carboxylic acids is 1. The highest BCUT2D eigenvalue weighted by Crippen LogP contribution is 2.32. The second kappa shape index (κ2) is 9.69.